The molecule has 2 aromatic heterocycles. The van der Waals surface area contributed by atoms with Crippen LogP contribution in [0.25, 0.3) is 21.9 Å². The van der Waals surface area contributed by atoms with Gasteiger partial charge in [-0.15, -0.1) is 0 Å². The van der Waals surface area contributed by atoms with Crippen molar-refractivity contribution in [3.63, 3.8) is 0 Å². The molecule has 61 heavy (non-hydrogen) atoms. The third-order valence-corrected chi connectivity index (χ3v) is 12.8. The van der Waals surface area contributed by atoms with Crippen molar-refractivity contribution in [2.24, 2.45) is 0 Å². The molecule has 11 rings (SSSR count). The predicted octanol–water partition coefficient (Wildman–Crippen LogP) is 11.5. The van der Waals surface area contributed by atoms with Crippen molar-refractivity contribution in [1.82, 2.24) is 0 Å². The summed E-state index contributed by atoms with van der Waals surface area (Å²) in [4.78, 5) is 4.81. The molecule has 7 aromatic rings. The Balaban J connectivity index is 1.27. The minimum Gasteiger partial charge on any atom is -0.490 e. The van der Waals surface area contributed by atoms with Gasteiger partial charge in [0.1, 0.15) is 22.5 Å². The normalized spacial score (nSPS) is 16.0. The fourth-order valence-electron chi connectivity index (χ4n) is 9.46. The molecule has 0 atom stereocenters. The quantitative estimate of drug-likeness (QED) is 0.160. The van der Waals surface area contributed by atoms with Gasteiger partial charge in [0.2, 0.25) is 0 Å². The van der Waals surface area contributed by atoms with Crippen LogP contribution in [0.5, 0.6) is 23.0 Å². The van der Waals surface area contributed by atoms with E-state index in [1.807, 2.05) is 0 Å². The van der Waals surface area contributed by atoms with Gasteiger partial charge in [0.15, 0.2) is 23.0 Å². The largest absolute Gasteiger partial charge is 0.490 e. The third kappa shape index (κ3) is 6.01. The molecule has 6 heterocycles. The predicted molar refractivity (Wildman–Crippen MR) is 247 cm³/mol. The molecule has 0 aliphatic carbocycles. The number of ether oxygens (including phenoxy) is 4. The lowest BCUT2D eigenvalue weighted by Gasteiger charge is -2.42. The maximum Gasteiger partial charge on any atom is 0.342 e. The molecular formula is C52H53BN2O6. The number of hydrogen-bond donors (Lipinski definition) is 0. The second kappa shape index (κ2) is 13.3. The van der Waals surface area contributed by atoms with Crippen molar-refractivity contribution in [3.05, 3.63) is 102 Å². The smallest absolute Gasteiger partial charge is 0.342 e. The van der Waals surface area contributed by atoms with Crippen LogP contribution in [0.2, 0.25) is 0 Å². The summed E-state index contributed by atoms with van der Waals surface area (Å²) in [6.45, 7) is 22.6. The van der Waals surface area contributed by atoms with E-state index in [-0.39, 0.29) is 23.0 Å². The molecule has 0 amide bonds. The van der Waals surface area contributed by atoms with Crippen LogP contribution in [0.15, 0.2) is 93.8 Å². The van der Waals surface area contributed by atoms with Crippen molar-refractivity contribution in [3.8, 4) is 23.0 Å². The molecular weight excluding hydrogens is 759 g/mol. The molecule has 0 radical (unpaired) electrons. The Kier molecular flexibility index (Phi) is 8.27. The summed E-state index contributed by atoms with van der Waals surface area (Å²) in [5.41, 5.74) is 13.9. The summed E-state index contributed by atoms with van der Waals surface area (Å²) in [6, 6.07) is 30.8. The molecule has 0 N–H and O–H groups in total. The Morgan fingerprint density at radius 1 is 0.443 bits per heavy atom. The molecule has 4 aliphatic heterocycles. The van der Waals surface area contributed by atoms with E-state index >= 15 is 0 Å². The lowest BCUT2D eigenvalue weighted by molar-refractivity contribution is 0.296. The van der Waals surface area contributed by atoms with Crippen LogP contribution in [0.3, 0.4) is 0 Å². The third-order valence-electron chi connectivity index (χ3n) is 12.8. The summed E-state index contributed by atoms with van der Waals surface area (Å²) < 4.78 is 39.5. The van der Waals surface area contributed by atoms with E-state index in [0.29, 0.717) is 26.4 Å². The Morgan fingerprint density at radius 3 is 1.26 bits per heavy atom. The molecule has 0 spiro atoms. The van der Waals surface area contributed by atoms with E-state index in [4.69, 9.17) is 27.8 Å². The molecule has 0 saturated carbocycles. The number of hydrogen-bond acceptors (Lipinski definition) is 8. The van der Waals surface area contributed by atoms with Crippen molar-refractivity contribution < 1.29 is 27.8 Å². The maximum absolute atomic E-state index is 7.24. The maximum atomic E-state index is 7.24. The summed E-state index contributed by atoms with van der Waals surface area (Å²) >= 11 is 0. The Bertz CT molecular complexity index is 2730. The Morgan fingerprint density at radius 2 is 0.852 bits per heavy atom. The van der Waals surface area contributed by atoms with Crippen molar-refractivity contribution in [1.29, 1.82) is 0 Å². The minimum absolute atomic E-state index is 0.0811. The van der Waals surface area contributed by atoms with Gasteiger partial charge in [0, 0.05) is 47.1 Å². The summed E-state index contributed by atoms with van der Waals surface area (Å²) in [6.07, 6.45) is 1.66. The highest BCUT2D eigenvalue weighted by Crippen LogP contribution is 2.52. The highest BCUT2D eigenvalue weighted by molar-refractivity contribution is 6.99. The highest BCUT2D eigenvalue weighted by Gasteiger charge is 2.50. The van der Waals surface area contributed by atoms with Crippen LogP contribution in [0, 0.1) is 0 Å². The van der Waals surface area contributed by atoms with Crippen LogP contribution < -0.4 is 45.5 Å². The van der Waals surface area contributed by atoms with Crippen LogP contribution in [-0.2, 0) is 16.2 Å². The number of nitrogens with zero attached hydrogens (tertiary/aromatic N) is 2. The van der Waals surface area contributed by atoms with Gasteiger partial charge >= 0.3 is 6.71 Å². The van der Waals surface area contributed by atoms with E-state index in [0.717, 1.165) is 109 Å². The zero-order valence-electron chi connectivity index (χ0n) is 36.7. The lowest BCUT2D eigenvalue weighted by atomic mass is 9.37. The van der Waals surface area contributed by atoms with E-state index in [9.17, 15) is 0 Å². The summed E-state index contributed by atoms with van der Waals surface area (Å²) in [5.74, 6) is 3.00. The van der Waals surface area contributed by atoms with E-state index < -0.39 is 0 Å². The van der Waals surface area contributed by atoms with Crippen LogP contribution >= 0.6 is 0 Å². The molecule has 0 fully saturated rings. The standard InChI is InChI=1S/C52H53BN2O6/c1-50(2,3)30-12-16-39-35(24-30)46-48(60-39)53-45-37(54(46)33-14-18-41-43(28-33)58-22-10-20-56-41)26-32(52(7,8)9)27-38(45)55(34-15-19-42-44(29-34)59-23-11-21-57-42)47-36-25-31(51(4,5)6)13-17-40(36)61-49(47)53/h12-19,24-29H,10-11,20-23H2,1-9H3. The van der Waals surface area contributed by atoms with Gasteiger partial charge < -0.3 is 37.6 Å². The van der Waals surface area contributed by atoms with Crippen LogP contribution in [0.1, 0.15) is 91.8 Å². The topological polar surface area (TPSA) is 69.7 Å². The van der Waals surface area contributed by atoms with Gasteiger partial charge in [-0.1, -0.05) is 74.4 Å². The van der Waals surface area contributed by atoms with Gasteiger partial charge in [0.05, 0.1) is 49.2 Å². The van der Waals surface area contributed by atoms with E-state index in [1.54, 1.807) is 0 Å². The van der Waals surface area contributed by atoms with Gasteiger partial charge in [-0.3, -0.25) is 0 Å². The zero-order chi connectivity index (χ0) is 42.2. The van der Waals surface area contributed by atoms with E-state index in [1.165, 1.54) is 16.7 Å². The number of rotatable bonds is 2. The van der Waals surface area contributed by atoms with Crippen molar-refractivity contribution in [2.45, 2.75) is 91.4 Å². The molecule has 8 nitrogen and oxygen atoms in total. The molecule has 5 aromatic carbocycles. The van der Waals surface area contributed by atoms with Crippen molar-refractivity contribution in [2.75, 3.05) is 36.2 Å². The Hall–Kier alpha value is -5.96. The summed E-state index contributed by atoms with van der Waals surface area (Å²) in [5, 5.41) is 2.11. The molecule has 0 unspecified atom stereocenters. The first kappa shape index (κ1) is 38.0. The first-order chi connectivity index (χ1) is 29.1. The molecule has 0 saturated heterocycles. The van der Waals surface area contributed by atoms with Gasteiger partial charge in [0.25, 0.3) is 0 Å². The molecule has 9 heteroatoms. The van der Waals surface area contributed by atoms with Crippen molar-refractivity contribution >= 4 is 79.6 Å². The lowest BCUT2D eigenvalue weighted by Crippen LogP contribution is -2.60. The minimum atomic E-state index is -0.353. The second-order valence-corrected chi connectivity index (χ2v) is 20.2. The summed E-state index contributed by atoms with van der Waals surface area (Å²) in [7, 11) is 0. The van der Waals surface area contributed by atoms with Gasteiger partial charge in [-0.25, -0.2) is 0 Å². The average Bonchev–Trinajstić information content (AvgIpc) is 3.55. The fourth-order valence-corrected chi connectivity index (χ4v) is 9.46. The number of fused-ring (bicyclic) bond motifs is 10. The van der Waals surface area contributed by atoms with Gasteiger partial charge in [-0.05, 0) is 99.1 Å². The Labute approximate surface area is 358 Å². The SMILES string of the molecule is CC(C)(C)c1cc2c3c(c1)N(c1ccc4c(c1)OCCCO4)c1c(oc4ccc(C(C)(C)C)cc14)B3c1oc3ccc(C(C)(C)C)cc3c1N2c1ccc2c(c1)OCCCO2. The second-order valence-electron chi connectivity index (χ2n) is 20.2. The number of anilines is 6. The molecule has 4 aliphatic rings. The van der Waals surface area contributed by atoms with Crippen LogP contribution in [-0.4, -0.2) is 33.1 Å². The van der Waals surface area contributed by atoms with Gasteiger partial charge in [-0.2, -0.15) is 0 Å². The van der Waals surface area contributed by atoms with Crippen LogP contribution in [0.4, 0.5) is 34.1 Å². The first-order valence-electron chi connectivity index (χ1n) is 21.9. The first-order valence-corrected chi connectivity index (χ1v) is 21.9. The number of furan rings is 2. The monoisotopic (exact) mass is 812 g/mol. The molecule has 0 bridgehead atoms. The highest BCUT2D eigenvalue weighted by atomic mass is 16.5. The number of benzene rings is 5. The van der Waals surface area contributed by atoms with E-state index in [2.05, 4.69) is 157 Å². The molecule has 310 valence electrons. The average molecular weight is 813 g/mol. The fraction of sp³-hybridized carbons (Fsp3) is 0.346. The zero-order valence-corrected chi connectivity index (χ0v) is 36.7.